The summed E-state index contributed by atoms with van der Waals surface area (Å²) < 4.78 is 42.3. The van der Waals surface area contributed by atoms with Crippen LogP contribution in [0.5, 0.6) is 0 Å². The van der Waals surface area contributed by atoms with Gasteiger partial charge in [-0.2, -0.15) is 0 Å². The minimum absolute atomic E-state index is 0.624. The minimum Gasteiger partial charge on any atom is -0.223 e. The Bertz CT molecular complexity index is 336. The fourth-order valence-electron chi connectivity index (χ4n) is 0.458. The smallest absolute Gasteiger partial charge is 0.188 e. The van der Waals surface area contributed by atoms with Crippen LogP contribution in [0, 0.1) is 0 Å². The number of hydrogen-bond acceptors (Lipinski definition) is 4. The molecule has 0 aliphatic rings. The monoisotopic (exact) mass is 210 g/mol. The molecular weight excluding hydrogens is 200 g/mol. The van der Waals surface area contributed by atoms with Crippen molar-refractivity contribution in [3.63, 3.8) is 0 Å². The third-order valence-corrected chi connectivity index (χ3v) is 5.78. The van der Waals surface area contributed by atoms with Crippen molar-refractivity contribution in [2.45, 2.75) is 11.5 Å². The second kappa shape index (κ2) is 3.40. The molecule has 0 aromatic rings. The van der Waals surface area contributed by atoms with Gasteiger partial charge in [-0.3, -0.25) is 0 Å². The van der Waals surface area contributed by atoms with Gasteiger partial charge in [0.15, 0.2) is 24.3 Å². The Morgan fingerprint density at radius 2 is 1.25 bits per heavy atom. The lowest BCUT2D eigenvalue weighted by atomic mass is 11.0. The fraction of sp³-hybridized carbons (Fsp3) is 0.333. The molecular formula is C6H10O4S2. The molecule has 70 valence electrons. The Hall–Kier alpha value is -0.620. The average molecular weight is 210 g/mol. The molecule has 0 fully saturated rings. The lowest BCUT2D eigenvalue weighted by Crippen LogP contribution is -2.23. The zero-order valence-corrected chi connectivity index (χ0v) is 8.23. The van der Waals surface area contributed by atoms with E-state index >= 15 is 0 Å². The van der Waals surface area contributed by atoms with E-state index in [1.54, 1.807) is 0 Å². The maximum atomic E-state index is 11.0. The highest BCUT2D eigenvalue weighted by molar-refractivity contribution is 8.11. The number of sulfone groups is 2. The van der Waals surface area contributed by atoms with E-state index in [0.717, 1.165) is 6.92 Å². The zero-order valence-electron chi connectivity index (χ0n) is 6.60. The molecule has 0 bridgehead atoms. The summed E-state index contributed by atoms with van der Waals surface area (Å²) in [6, 6.07) is 0. The van der Waals surface area contributed by atoms with Crippen LogP contribution < -0.4 is 0 Å². The van der Waals surface area contributed by atoms with Crippen LogP contribution in [0.2, 0.25) is 0 Å². The summed E-state index contributed by atoms with van der Waals surface area (Å²) in [6.07, 6.45) is 0. The summed E-state index contributed by atoms with van der Waals surface area (Å²) in [5.41, 5.74) is 0. The second-order valence-electron chi connectivity index (χ2n) is 2.08. The van der Waals surface area contributed by atoms with Crippen molar-refractivity contribution in [1.29, 1.82) is 0 Å². The Morgan fingerprint density at radius 3 is 1.42 bits per heavy atom. The Morgan fingerprint density at radius 1 is 1.00 bits per heavy atom. The van der Waals surface area contributed by atoms with Crippen molar-refractivity contribution in [2.75, 3.05) is 0 Å². The minimum atomic E-state index is -3.76. The van der Waals surface area contributed by atoms with Crippen molar-refractivity contribution in [3.8, 4) is 0 Å². The molecule has 0 saturated carbocycles. The summed E-state index contributed by atoms with van der Waals surface area (Å²) in [4.78, 5) is 0. The van der Waals surface area contributed by atoms with Gasteiger partial charge in [0.25, 0.3) is 0 Å². The third-order valence-electron chi connectivity index (χ3n) is 1.39. The van der Waals surface area contributed by atoms with E-state index in [0.29, 0.717) is 10.8 Å². The van der Waals surface area contributed by atoms with Gasteiger partial charge in [-0.1, -0.05) is 13.2 Å². The van der Waals surface area contributed by atoms with Crippen molar-refractivity contribution < 1.29 is 16.8 Å². The molecule has 4 nitrogen and oxygen atoms in total. The van der Waals surface area contributed by atoms with Gasteiger partial charge in [-0.15, -0.1) is 0 Å². The highest BCUT2D eigenvalue weighted by atomic mass is 32.3. The quantitative estimate of drug-likeness (QED) is 0.675. The molecule has 0 amide bonds. The van der Waals surface area contributed by atoms with Gasteiger partial charge in [0.1, 0.15) is 0 Å². The largest absolute Gasteiger partial charge is 0.223 e. The number of rotatable bonds is 4. The summed E-state index contributed by atoms with van der Waals surface area (Å²) in [6.45, 7) is 7.11. The van der Waals surface area contributed by atoms with E-state index in [-0.39, 0.29) is 0 Å². The van der Waals surface area contributed by atoms with E-state index < -0.39 is 24.3 Å². The molecule has 0 aliphatic carbocycles. The molecule has 0 radical (unpaired) electrons. The zero-order chi connectivity index (χ0) is 9.99. The lowest BCUT2D eigenvalue weighted by molar-refractivity contribution is 0.588. The van der Waals surface area contributed by atoms with Crippen LogP contribution in [0.3, 0.4) is 0 Å². The van der Waals surface area contributed by atoms with Gasteiger partial charge in [0.05, 0.1) is 0 Å². The van der Waals surface area contributed by atoms with Crippen LogP contribution >= 0.6 is 0 Å². The van der Waals surface area contributed by atoms with E-state index in [2.05, 4.69) is 13.2 Å². The van der Waals surface area contributed by atoms with Crippen LogP contribution in [-0.2, 0) is 19.7 Å². The van der Waals surface area contributed by atoms with Crippen LogP contribution in [-0.4, -0.2) is 21.4 Å². The topological polar surface area (TPSA) is 68.3 Å². The Balaban J connectivity index is 5.27. The maximum absolute atomic E-state index is 11.0. The van der Waals surface area contributed by atoms with E-state index in [9.17, 15) is 16.8 Å². The van der Waals surface area contributed by atoms with E-state index in [4.69, 9.17) is 0 Å². The summed E-state index contributed by atoms with van der Waals surface area (Å²) >= 11 is 0. The highest BCUT2D eigenvalue weighted by Crippen LogP contribution is 2.11. The molecule has 0 aliphatic heterocycles. The molecule has 0 spiro atoms. The van der Waals surface area contributed by atoms with Gasteiger partial charge in [0, 0.05) is 10.8 Å². The fourth-order valence-corrected chi connectivity index (χ4v) is 2.97. The van der Waals surface area contributed by atoms with Gasteiger partial charge in [-0.25, -0.2) is 16.8 Å². The highest BCUT2D eigenvalue weighted by Gasteiger charge is 2.28. The molecule has 0 saturated heterocycles. The molecule has 0 heterocycles. The molecule has 0 rings (SSSR count). The van der Waals surface area contributed by atoms with Gasteiger partial charge in [-0.05, 0) is 6.92 Å². The van der Waals surface area contributed by atoms with Crippen LogP contribution in [0.4, 0.5) is 0 Å². The van der Waals surface area contributed by atoms with Crippen molar-refractivity contribution in [1.82, 2.24) is 0 Å². The van der Waals surface area contributed by atoms with Gasteiger partial charge >= 0.3 is 0 Å². The molecule has 0 aromatic carbocycles. The molecule has 0 unspecified atom stereocenters. The third kappa shape index (κ3) is 2.18. The predicted molar refractivity (Wildman–Crippen MR) is 47.7 cm³/mol. The van der Waals surface area contributed by atoms with Crippen molar-refractivity contribution >= 4 is 19.7 Å². The molecule has 6 heteroatoms. The van der Waals surface area contributed by atoms with Crippen molar-refractivity contribution in [2.24, 2.45) is 0 Å². The lowest BCUT2D eigenvalue weighted by Gasteiger charge is -2.06. The van der Waals surface area contributed by atoms with Crippen LogP contribution in [0.1, 0.15) is 6.92 Å². The second-order valence-corrected chi connectivity index (χ2v) is 6.81. The SMILES string of the molecule is C=CS(=O)(=O)C(C)S(=O)(=O)C=C. The van der Waals surface area contributed by atoms with E-state index in [1.807, 2.05) is 0 Å². The molecule has 0 N–H and O–H groups in total. The van der Waals surface area contributed by atoms with Crippen molar-refractivity contribution in [3.05, 3.63) is 24.0 Å². The van der Waals surface area contributed by atoms with Crippen LogP contribution in [0.25, 0.3) is 0 Å². The summed E-state index contributed by atoms with van der Waals surface area (Å²) in [5, 5.41) is 1.25. The summed E-state index contributed by atoms with van der Waals surface area (Å²) in [5.74, 6) is 0. The van der Waals surface area contributed by atoms with Gasteiger partial charge < -0.3 is 0 Å². The Kier molecular flexibility index (Phi) is 3.23. The first-order chi connectivity index (χ1) is 5.28. The van der Waals surface area contributed by atoms with Crippen LogP contribution in [0.15, 0.2) is 24.0 Å². The normalized spacial score (nSPS) is 12.8. The molecule has 0 atom stereocenters. The number of hydrogen-bond donors (Lipinski definition) is 0. The molecule has 0 aromatic heterocycles. The molecule has 12 heavy (non-hydrogen) atoms. The standard InChI is InChI=1S/C6H10O4S2/c1-4-11(7,8)6(3)12(9,10)5-2/h4-6H,1-2H2,3H3. The first-order valence-electron chi connectivity index (χ1n) is 3.00. The first kappa shape index (κ1) is 11.4. The Labute approximate surface area is 72.4 Å². The maximum Gasteiger partial charge on any atom is 0.188 e. The van der Waals surface area contributed by atoms with Gasteiger partial charge in [0.2, 0.25) is 0 Å². The first-order valence-corrected chi connectivity index (χ1v) is 6.22. The average Bonchev–Trinajstić information content (AvgIpc) is 2.03. The van der Waals surface area contributed by atoms with E-state index in [1.165, 1.54) is 0 Å². The summed E-state index contributed by atoms with van der Waals surface area (Å²) in [7, 11) is -7.53. The predicted octanol–water partition coefficient (Wildman–Crippen LogP) is 0.449.